The number of aromatic nitrogens is 5. The Morgan fingerprint density at radius 2 is 1.26 bits per heavy atom. The maximum absolute atomic E-state index is 5.22. The Morgan fingerprint density at radius 3 is 2.17 bits per heavy atom. The summed E-state index contributed by atoms with van der Waals surface area (Å²) >= 11 is 0. The number of para-hydroxylation sites is 3. The summed E-state index contributed by atoms with van der Waals surface area (Å²) in [5.41, 5.74) is 15.4. The first-order valence-corrected chi connectivity index (χ1v) is 15.8. The van der Waals surface area contributed by atoms with Crippen LogP contribution in [0.2, 0.25) is 0 Å². The lowest BCUT2D eigenvalue weighted by atomic mass is 10.0. The van der Waals surface area contributed by atoms with E-state index in [1.54, 1.807) is 0 Å². The molecular formula is C41H29N5. The second kappa shape index (κ2) is 9.29. The number of nitrogens with zero attached hydrogens (tertiary/aromatic N) is 5. The van der Waals surface area contributed by atoms with Gasteiger partial charge in [0.05, 0.1) is 33.1 Å². The van der Waals surface area contributed by atoms with Crippen molar-refractivity contribution in [2.24, 2.45) is 14.1 Å². The first kappa shape index (κ1) is 25.4. The molecule has 46 heavy (non-hydrogen) atoms. The quantitative estimate of drug-likeness (QED) is 0.205. The highest BCUT2D eigenvalue weighted by molar-refractivity contribution is 6.10. The number of imidazole rings is 2. The van der Waals surface area contributed by atoms with E-state index in [4.69, 9.17) is 9.97 Å². The van der Waals surface area contributed by atoms with Crippen LogP contribution in [0, 0.1) is 0 Å². The molecule has 5 nitrogen and oxygen atoms in total. The zero-order valence-electron chi connectivity index (χ0n) is 25.6. The van der Waals surface area contributed by atoms with E-state index in [9.17, 15) is 0 Å². The van der Waals surface area contributed by atoms with Gasteiger partial charge in [-0.2, -0.15) is 0 Å². The van der Waals surface area contributed by atoms with Crippen LogP contribution in [-0.2, 0) is 20.5 Å². The zero-order chi connectivity index (χ0) is 30.5. The Bertz CT molecular complexity index is 2700. The molecule has 0 amide bonds. The molecule has 6 aromatic carbocycles. The molecule has 0 saturated carbocycles. The molecule has 0 saturated heterocycles. The minimum atomic E-state index is 0.957. The van der Waals surface area contributed by atoms with Gasteiger partial charge in [0.2, 0.25) is 0 Å². The molecule has 0 aliphatic heterocycles. The zero-order valence-corrected chi connectivity index (χ0v) is 25.6. The number of benzene rings is 6. The molecule has 0 radical (unpaired) electrons. The van der Waals surface area contributed by atoms with Gasteiger partial charge in [-0.05, 0) is 65.6 Å². The third-order valence-electron chi connectivity index (χ3n) is 9.87. The molecule has 0 N–H and O–H groups in total. The van der Waals surface area contributed by atoms with Crippen molar-refractivity contribution in [1.29, 1.82) is 0 Å². The van der Waals surface area contributed by atoms with Crippen molar-refractivity contribution in [2.75, 3.05) is 0 Å². The third-order valence-corrected chi connectivity index (χ3v) is 9.87. The number of rotatable bonds is 3. The second-order valence-electron chi connectivity index (χ2n) is 12.4. The third kappa shape index (κ3) is 3.45. The van der Waals surface area contributed by atoms with Crippen molar-refractivity contribution >= 4 is 43.9 Å². The Hall–Kier alpha value is -5.94. The van der Waals surface area contributed by atoms with E-state index in [1.165, 1.54) is 44.1 Å². The van der Waals surface area contributed by atoms with E-state index in [1.807, 2.05) is 6.07 Å². The van der Waals surface area contributed by atoms with Gasteiger partial charge >= 0.3 is 0 Å². The molecule has 0 unspecified atom stereocenters. The van der Waals surface area contributed by atoms with E-state index in [0.717, 1.165) is 57.0 Å². The largest absolute Gasteiger partial charge is 0.327 e. The van der Waals surface area contributed by atoms with E-state index < -0.39 is 0 Å². The summed E-state index contributed by atoms with van der Waals surface area (Å²) in [6.45, 7) is 0. The Morgan fingerprint density at radius 1 is 0.522 bits per heavy atom. The van der Waals surface area contributed by atoms with Crippen molar-refractivity contribution in [3.05, 3.63) is 139 Å². The summed E-state index contributed by atoms with van der Waals surface area (Å²) in [5, 5.41) is 2.46. The predicted octanol–water partition coefficient (Wildman–Crippen LogP) is 9.46. The maximum Gasteiger partial charge on any atom is 0.140 e. The SMILES string of the molecule is Cn1c(-c2cccc(-n3c4ccccc4c4ccc(-c5nc6ccc7c(c6n5C)-c5ccccc5C7)cc43)c2)nc2ccccc21. The lowest BCUT2D eigenvalue weighted by molar-refractivity contribution is 0.958. The van der Waals surface area contributed by atoms with Crippen LogP contribution in [0.25, 0.3) is 83.5 Å². The minimum Gasteiger partial charge on any atom is -0.327 e. The first-order valence-electron chi connectivity index (χ1n) is 15.8. The molecule has 1 aliphatic rings. The average Bonchev–Trinajstić information content (AvgIpc) is 3.83. The Kier molecular flexibility index (Phi) is 5.13. The fraction of sp³-hybridized carbons (Fsp3) is 0.0732. The monoisotopic (exact) mass is 591 g/mol. The van der Waals surface area contributed by atoms with E-state index in [2.05, 4.69) is 149 Å². The lowest BCUT2D eigenvalue weighted by Crippen LogP contribution is -1.98. The Balaban J connectivity index is 1.18. The standard InChI is InChI=1S/C41H29N5/c1-44-36-17-8-6-15-33(36)42-40(44)27-11-9-12-29(23-27)46-35-16-7-5-14-31(35)32-20-18-28(24-37(32)46)41-43-34-21-19-26-22-25-10-3-4-13-30(25)38(26)39(34)45(41)2/h3-21,23-24H,22H2,1-2H3. The molecule has 5 heteroatoms. The van der Waals surface area contributed by atoms with Gasteiger partial charge in [0.15, 0.2) is 0 Å². The molecule has 0 bridgehead atoms. The maximum atomic E-state index is 5.22. The van der Waals surface area contributed by atoms with Gasteiger partial charge in [-0.15, -0.1) is 0 Å². The highest BCUT2D eigenvalue weighted by Gasteiger charge is 2.24. The normalized spacial score (nSPS) is 12.5. The molecule has 0 fully saturated rings. The summed E-state index contributed by atoms with van der Waals surface area (Å²) in [6.07, 6.45) is 0.974. The number of aryl methyl sites for hydroxylation is 2. The predicted molar refractivity (Wildman–Crippen MR) is 188 cm³/mol. The molecule has 9 aromatic rings. The van der Waals surface area contributed by atoms with Gasteiger partial charge in [0.25, 0.3) is 0 Å². The summed E-state index contributed by atoms with van der Waals surface area (Å²) in [4.78, 5) is 10.2. The molecule has 3 heterocycles. The van der Waals surface area contributed by atoms with Crippen molar-refractivity contribution in [2.45, 2.75) is 6.42 Å². The lowest BCUT2D eigenvalue weighted by Gasteiger charge is -2.11. The van der Waals surface area contributed by atoms with Gasteiger partial charge in [0, 0.05) is 47.2 Å². The van der Waals surface area contributed by atoms with Crippen LogP contribution in [0.4, 0.5) is 0 Å². The molecule has 0 spiro atoms. The molecular weight excluding hydrogens is 562 g/mol. The van der Waals surface area contributed by atoms with E-state index in [-0.39, 0.29) is 0 Å². The fourth-order valence-electron chi connectivity index (χ4n) is 7.75. The highest BCUT2D eigenvalue weighted by Crippen LogP contribution is 2.43. The highest BCUT2D eigenvalue weighted by atomic mass is 15.1. The van der Waals surface area contributed by atoms with E-state index in [0.29, 0.717) is 0 Å². The van der Waals surface area contributed by atoms with Crippen LogP contribution in [0.3, 0.4) is 0 Å². The van der Waals surface area contributed by atoms with Crippen molar-refractivity contribution in [3.8, 4) is 39.6 Å². The van der Waals surface area contributed by atoms with Gasteiger partial charge in [-0.25, -0.2) is 9.97 Å². The summed E-state index contributed by atoms with van der Waals surface area (Å²) in [5.74, 6) is 1.93. The number of hydrogen-bond donors (Lipinski definition) is 0. The smallest absolute Gasteiger partial charge is 0.140 e. The van der Waals surface area contributed by atoms with Crippen LogP contribution in [-0.4, -0.2) is 23.7 Å². The minimum absolute atomic E-state index is 0.957. The van der Waals surface area contributed by atoms with Gasteiger partial charge in [-0.3, -0.25) is 0 Å². The molecule has 10 rings (SSSR count). The van der Waals surface area contributed by atoms with Crippen molar-refractivity contribution in [3.63, 3.8) is 0 Å². The number of hydrogen-bond acceptors (Lipinski definition) is 2. The van der Waals surface area contributed by atoms with Gasteiger partial charge in [0.1, 0.15) is 11.6 Å². The van der Waals surface area contributed by atoms with Crippen LogP contribution < -0.4 is 0 Å². The van der Waals surface area contributed by atoms with Crippen molar-refractivity contribution in [1.82, 2.24) is 23.7 Å². The topological polar surface area (TPSA) is 40.6 Å². The molecule has 3 aromatic heterocycles. The number of fused-ring (bicyclic) bond motifs is 9. The van der Waals surface area contributed by atoms with Gasteiger partial charge < -0.3 is 13.7 Å². The summed E-state index contributed by atoms with van der Waals surface area (Å²) < 4.78 is 6.85. The molecule has 218 valence electrons. The fourth-order valence-corrected chi connectivity index (χ4v) is 7.75. The van der Waals surface area contributed by atoms with Crippen LogP contribution in [0.5, 0.6) is 0 Å². The Labute approximate surface area is 265 Å². The summed E-state index contributed by atoms with van der Waals surface area (Å²) in [7, 11) is 4.25. The molecule has 0 atom stereocenters. The van der Waals surface area contributed by atoms with Gasteiger partial charge in [-0.1, -0.05) is 84.9 Å². The first-order chi connectivity index (χ1) is 22.6. The average molecular weight is 592 g/mol. The second-order valence-corrected chi connectivity index (χ2v) is 12.4. The molecule has 1 aliphatic carbocycles. The summed E-state index contributed by atoms with van der Waals surface area (Å²) in [6, 6.07) is 45.8. The van der Waals surface area contributed by atoms with Crippen LogP contribution in [0.1, 0.15) is 11.1 Å². The van der Waals surface area contributed by atoms with Crippen molar-refractivity contribution < 1.29 is 0 Å². The van der Waals surface area contributed by atoms with Crippen LogP contribution >= 0.6 is 0 Å². The van der Waals surface area contributed by atoms with Crippen LogP contribution in [0.15, 0.2) is 127 Å². The van der Waals surface area contributed by atoms with E-state index >= 15 is 0 Å².